The summed E-state index contributed by atoms with van der Waals surface area (Å²) in [6.07, 6.45) is 1.73. The molecule has 1 aliphatic heterocycles. The summed E-state index contributed by atoms with van der Waals surface area (Å²) in [6.45, 7) is 2.35. The van der Waals surface area contributed by atoms with Crippen LogP contribution in [-0.2, 0) is 4.79 Å². The predicted molar refractivity (Wildman–Crippen MR) is 116 cm³/mol. The summed E-state index contributed by atoms with van der Waals surface area (Å²) in [5.41, 5.74) is 1.33. The van der Waals surface area contributed by atoms with Crippen molar-refractivity contribution in [2.75, 3.05) is 13.7 Å². The second kappa shape index (κ2) is 9.15. The van der Waals surface area contributed by atoms with Gasteiger partial charge in [0, 0.05) is 0 Å². The van der Waals surface area contributed by atoms with Gasteiger partial charge in [-0.05, 0) is 76.6 Å². The maximum atomic E-state index is 12.3. The van der Waals surface area contributed by atoms with E-state index < -0.39 is 5.97 Å². The van der Waals surface area contributed by atoms with Crippen molar-refractivity contribution in [3.8, 4) is 11.5 Å². The van der Waals surface area contributed by atoms with Gasteiger partial charge in [-0.25, -0.2) is 9.79 Å². The molecular weight excluding hydrogens is 460 g/mol. The summed E-state index contributed by atoms with van der Waals surface area (Å²) in [4.78, 5) is 28.2. The first-order valence-electron chi connectivity index (χ1n) is 8.54. The lowest BCUT2D eigenvalue weighted by molar-refractivity contribution is -0.115. The van der Waals surface area contributed by atoms with Crippen LogP contribution in [-0.4, -0.2) is 35.9 Å². The van der Waals surface area contributed by atoms with Gasteiger partial charge in [0.15, 0.2) is 16.7 Å². The lowest BCUT2D eigenvalue weighted by Gasteiger charge is -2.12. The first-order chi connectivity index (χ1) is 13.9. The lowest BCUT2D eigenvalue weighted by atomic mass is 10.2. The predicted octanol–water partition coefficient (Wildman–Crippen LogP) is 4.45. The number of hydrogen-bond donors (Lipinski definition) is 2. The normalized spacial score (nSPS) is 16.2. The average Bonchev–Trinajstić information content (AvgIpc) is 3.01. The summed E-state index contributed by atoms with van der Waals surface area (Å²) >= 11 is 4.63. The number of thioether (sulfide) groups is 1. The van der Waals surface area contributed by atoms with E-state index in [0.717, 1.165) is 5.56 Å². The van der Waals surface area contributed by atoms with Gasteiger partial charge in [-0.1, -0.05) is 6.07 Å². The molecule has 0 atom stereocenters. The van der Waals surface area contributed by atoms with E-state index >= 15 is 0 Å². The molecule has 29 heavy (non-hydrogen) atoms. The van der Waals surface area contributed by atoms with Crippen LogP contribution in [0.25, 0.3) is 6.08 Å². The van der Waals surface area contributed by atoms with Gasteiger partial charge in [-0.2, -0.15) is 0 Å². The Kier molecular flexibility index (Phi) is 6.60. The zero-order valence-corrected chi connectivity index (χ0v) is 18.0. The highest BCUT2D eigenvalue weighted by Crippen LogP contribution is 2.38. The zero-order valence-electron chi connectivity index (χ0n) is 15.6. The number of methoxy groups -OCH3 is 1. The van der Waals surface area contributed by atoms with E-state index in [1.54, 1.807) is 31.4 Å². The molecule has 1 amide bonds. The van der Waals surface area contributed by atoms with E-state index in [1.807, 2.05) is 13.0 Å². The molecule has 0 spiro atoms. The number of carboxylic acid groups (broad SMARTS) is 1. The van der Waals surface area contributed by atoms with Crippen LogP contribution >= 0.6 is 27.7 Å². The van der Waals surface area contributed by atoms with Crippen LogP contribution in [0.4, 0.5) is 5.69 Å². The molecule has 2 aromatic rings. The Morgan fingerprint density at radius 2 is 2.14 bits per heavy atom. The minimum Gasteiger partial charge on any atom is -0.492 e. The molecule has 2 aromatic carbocycles. The van der Waals surface area contributed by atoms with Crippen LogP contribution in [0.3, 0.4) is 0 Å². The van der Waals surface area contributed by atoms with Crippen molar-refractivity contribution < 1.29 is 24.2 Å². The highest BCUT2D eigenvalue weighted by atomic mass is 79.9. The molecule has 0 aliphatic carbocycles. The van der Waals surface area contributed by atoms with Crippen molar-refractivity contribution in [2.45, 2.75) is 6.92 Å². The first kappa shape index (κ1) is 20.9. The number of aromatic carboxylic acids is 1. The average molecular weight is 477 g/mol. The van der Waals surface area contributed by atoms with E-state index in [9.17, 15) is 9.59 Å². The number of nitrogens with zero attached hydrogens (tertiary/aromatic N) is 1. The fourth-order valence-corrected chi connectivity index (χ4v) is 4.05. The van der Waals surface area contributed by atoms with E-state index in [4.69, 9.17) is 14.6 Å². The molecule has 0 unspecified atom stereocenters. The van der Waals surface area contributed by atoms with Crippen LogP contribution in [0, 0.1) is 0 Å². The van der Waals surface area contributed by atoms with Crippen molar-refractivity contribution in [1.82, 2.24) is 5.32 Å². The van der Waals surface area contributed by atoms with Gasteiger partial charge in [0.2, 0.25) is 0 Å². The highest BCUT2D eigenvalue weighted by Gasteiger charge is 2.24. The first-order valence-corrected chi connectivity index (χ1v) is 10.2. The molecule has 2 N–H and O–H groups in total. The van der Waals surface area contributed by atoms with Gasteiger partial charge >= 0.3 is 5.97 Å². The number of amidine groups is 1. The monoisotopic (exact) mass is 476 g/mol. The number of rotatable bonds is 6. The Bertz CT molecular complexity index is 1040. The molecule has 7 nitrogen and oxygen atoms in total. The van der Waals surface area contributed by atoms with Crippen molar-refractivity contribution in [1.29, 1.82) is 0 Å². The Morgan fingerprint density at radius 1 is 1.34 bits per heavy atom. The van der Waals surface area contributed by atoms with Crippen molar-refractivity contribution in [2.24, 2.45) is 4.99 Å². The van der Waals surface area contributed by atoms with Crippen molar-refractivity contribution >= 4 is 56.5 Å². The number of ether oxygens (including phenoxy) is 2. The molecule has 1 aliphatic rings. The van der Waals surface area contributed by atoms with Gasteiger partial charge < -0.3 is 19.9 Å². The number of carboxylic acids is 1. The number of benzene rings is 2. The van der Waals surface area contributed by atoms with Crippen LogP contribution in [0.2, 0.25) is 0 Å². The number of amides is 1. The molecule has 0 saturated carbocycles. The number of aliphatic imine (C=N–C) groups is 1. The third kappa shape index (κ3) is 4.99. The second-order valence-electron chi connectivity index (χ2n) is 5.80. The molecule has 0 radical (unpaired) electrons. The lowest BCUT2D eigenvalue weighted by Crippen LogP contribution is -2.19. The molecule has 1 fully saturated rings. The van der Waals surface area contributed by atoms with Gasteiger partial charge in [-0.15, -0.1) is 0 Å². The quantitative estimate of drug-likeness (QED) is 0.597. The second-order valence-corrected chi connectivity index (χ2v) is 7.69. The van der Waals surface area contributed by atoms with E-state index in [-0.39, 0.29) is 11.5 Å². The number of carbonyl (C=O) groups is 2. The Balaban J connectivity index is 1.88. The molecule has 1 saturated heterocycles. The maximum absolute atomic E-state index is 12.3. The van der Waals surface area contributed by atoms with Crippen LogP contribution < -0.4 is 14.8 Å². The fraction of sp³-hybridized carbons (Fsp3) is 0.150. The summed E-state index contributed by atoms with van der Waals surface area (Å²) in [7, 11) is 1.56. The SMILES string of the molecule is CCOc1cc(C=C2SC(=Nc3cccc(C(=O)O)c3)NC2=O)cc(Br)c1OC. The van der Waals surface area contributed by atoms with Crippen molar-refractivity contribution in [3.05, 3.63) is 56.9 Å². The maximum Gasteiger partial charge on any atom is 0.335 e. The summed E-state index contributed by atoms with van der Waals surface area (Å²) in [6, 6.07) is 9.81. The summed E-state index contributed by atoms with van der Waals surface area (Å²) in [5, 5.41) is 12.1. The van der Waals surface area contributed by atoms with Gasteiger partial charge in [0.1, 0.15) is 0 Å². The van der Waals surface area contributed by atoms with Crippen LogP contribution in [0.5, 0.6) is 11.5 Å². The zero-order chi connectivity index (χ0) is 21.0. The van der Waals surface area contributed by atoms with Crippen LogP contribution in [0.15, 0.2) is 50.8 Å². The Labute approximate surface area is 179 Å². The number of hydrogen-bond acceptors (Lipinski definition) is 6. The summed E-state index contributed by atoms with van der Waals surface area (Å²) < 4.78 is 11.7. The number of nitrogens with one attached hydrogen (secondary N) is 1. The fourth-order valence-electron chi connectivity index (χ4n) is 2.59. The highest BCUT2D eigenvalue weighted by molar-refractivity contribution is 9.10. The van der Waals surface area contributed by atoms with E-state index in [2.05, 4.69) is 26.2 Å². The Hall–Kier alpha value is -2.78. The van der Waals surface area contributed by atoms with Crippen LogP contribution in [0.1, 0.15) is 22.8 Å². The van der Waals surface area contributed by atoms with E-state index in [0.29, 0.717) is 38.3 Å². The molecule has 150 valence electrons. The third-order valence-corrected chi connectivity index (χ3v) is 5.31. The molecule has 1 heterocycles. The summed E-state index contributed by atoms with van der Waals surface area (Å²) in [5.74, 6) is -0.170. The van der Waals surface area contributed by atoms with Gasteiger partial charge in [0.05, 0.1) is 34.3 Å². The van der Waals surface area contributed by atoms with Gasteiger partial charge in [0.25, 0.3) is 5.91 Å². The number of carbonyl (C=O) groups excluding carboxylic acids is 1. The molecule has 9 heteroatoms. The third-order valence-electron chi connectivity index (χ3n) is 3.81. The van der Waals surface area contributed by atoms with E-state index in [1.165, 1.54) is 23.9 Å². The molecular formula is C20H17BrN2O5S. The van der Waals surface area contributed by atoms with Crippen molar-refractivity contribution in [3.63, 3.8) is 0 Å². The standard InChI is InChI=1S/C20H17BrN2O5S/c1-3-28-15-8-11(7-14(21)17(15)27-2)9-16-18(24)23-20(29-16)22-13-6-4-5-12(10-13)19(25)26/h4-10H,3H2,1-2H3,(H,25,26)(H,22,23,24). The molecule has 0 aromatic heterocycles. The van der Waals surface area contributed by atoms with Gasteiger partial charge in [-0.3, -0.25) is 4.79 Å². The minimum absolute atomic E-state index is 0.128. The topological polar surface area (TPSA) is 97.2 Å². The Morgan fingerprint density at radius 3 is 2.83 bits per heavy atom. The largest absolute Gasteiger partial charge is 0.492 e. The number of halogens is 1. The molecule has 0 bridgehead atoms. The minimum atomic E-state index is -1.04. The molecule has 3 rings (SSSR count). The smallest absolute Gasteiger partial charge is 0.335 e.